The highest BCUT2D eigenvalue weighted by Gasteiger charge is 2.33. The smallest absolute Gasteiger partial charge is 0.227 e. The normalized spacial score (nSPS) is 30.8. The molecule has 1 aliphatic heterocycles. The molecule has 1 saturated carbocycles. The molecule has 1 saturated heterocycles. The van der Waals surface area contributed by atoms with Gasteiger partial charge in [0.05, 0.1) is 5.92 Å². The molecule has 0 spiro atoms. The fourth-order valence-corrected chi connectivity index (χ4v) is 2.80. The maximum absolute atomic E-state index is 12.3. The minimum absolute atomic E-state index is 0. The van der Waals surface area contributed by atoms with Crippen molar-refractivity contribution in [3.63, 3.8) is 0 Å². The lowest BCUT2D eigenvalue weighted by atomic mass is 10.0. The van der Waals surface area contributed by atoms with E-state index in [9.17, 15) is 4.79 Å². The van der Waals surface area contributed by atoms with Crippen LogP contribution in [0, 0.1) is 5.92 Å². The van der Waals surface area contributed by atoms with Gasteiger partial charge in [-0.05, 0) is 32.9 Å². The van der Waals surface area contributed by atoms with E-state index in [1.54, 1.807) is 0 Å². The van der Waals surface area contributed by atoms with Crippen LogP contribution in [0.25, 0.3) is 0 Å². The number of halogens is 1. The molecule has 1 amide bonds. The van der Waals surface area contributed by atoms with Crippen molar-refractivity contribution < 1.29 is 4.79 Å². The number of hydrogen-bond donors (Lipinski definition) is 1. The molecule has 100 valence electrons. The van der Waals surface area contributed by atoms with Gasteiger partial charge >= 0.3 is 0 Å². The van der Waals surface area contributed by atoms with Crippen LogP contribution >= 0.6 is 12.4 Å². The van der Waals surface area contributed by atoms with E-state index in [0.717, 1.165) is 51.9 Å². The Hall–Kier alpha value is -0.320. The second-order valence-corrected chi connectivity index (χ2v) is 5.18. The molecule has 2 rings (SSSR count). The van der Waals surface area contributed by atoms with E-state index in [1.807, 2.05) is 4.90 Å². The van der Waals surface area contributed by atoms with Gasteiger partial charge in [-0.2, -0.15) is 0 Å². The molecule has 1 heterocycles. The van der Waals surface area contributed by atoms with Crippen molar-refractivity contribution in [3.8, 4) is 0 Å². The second-order valence-electron chi connectivity index (χ2n) is 5.18. The minimum atomic E-state index is 0. The van der Waals surface area contributed by atoms with Gasteiger partial charge in [-0.15, -0.1) is 12.4 Å². The number of amides is 1. The third kappa shape index (κ3) is 3.57. The third-order valence-corrected chi connectivity index (χ3v) is 3.92. The van der Waals surface area contributed by atoms with Gasteiger partial charge in [0.1, 0.15) is 0 Å². The summed E-state index contributed by atoms with van der Waals surface area (Å²) in [6.45, 7) is 3.87. The number of hydrogen-bond acceptors (Lipinski definition) is 3. The van der Waals surface area contributed by atoms with Crippen LogP contribution in [0.1, 0.15) is 25.7 Å². The first-order chi connectivity index (χ1) is 7.68. The van der Waals surface area contributed by atoms with Gasteiger partial charge in [0.2, 0.25) is 5.91 Å². The second kappa shape index (κ2) is 6.57. The Morgan fingerprint density at radius 3 is 2.53 bits per heavy atom. The highest BCUT2D eigenvalue weighted by atomic mass is 35.5. The van der Waals surface area contributed by atoms with Gasteiger partial charge in [0.15, 0.2) is 0 Å². The van der Waals surface area contributed by atoms with Crippen LogP contribution in [0.15, 0.2) is 0 Å². The molecule has 0 aromatic carbocycles. The van der Waals surface area contributed by atoms with E-state index in [1.165, 1.54) is 0 Å². The highest BCUT2D eigenvalue weighted by molar-refractivity contribution is 5.85. The Labute approximate surface area is 110 Å². The Balaban J connectivity index is 0.00000144. The topological polar surface area (TPSA) is 49.6 Å². The Kier molecular flexibility index (Phi) is 5.70. The summed E-state index contributed by atoms with van der Waals surface area (Å²) in [4.78, 5) is 16.6. The molecule has 5 heteroatoms. The van der Waals surface area contributed by atoms with Crippen molar-refractivity contribution >= 4 is 18.3 Å². The SMILES string of the molecule is CN1CCCN(C(=O)C2CCCC2N)CC1.Cl. The molecule has 2 atom stereocenters. The number of nitrogens with zero attached hydrogens (tertiary/aromatic N) is 2. The van der Waals surface area contributed by atoms with Crippen LogP contribution in [0.5, 0.6) is 0 Å². The largest absolute Gasteiger partial charge is 0.341 e. The lowest BCUT2D eigenvalue weighted by Gasteiger charge is -2.25. The number of carbonyl (C=O) groups excluding carboxylic acids is 1. The first kappa shape index (κ1) is 14.7. The van der Waals surface area contributed by atoms with Crippen molar-refractivity contribution in [2.45, 2.75) is 31.7 Å². The van der Waals surface area contributed by atoms with Gasteiger partial charge in [-0.25, -0.2) is 0 Å². The maximum atomic E-state index is 12.3. The fraction of sp³-hybridized carbons (Fsp3) is 0.917. The zero-order valence-corrected chi connectivity index (χ0v) is 11.4. The van der Waals surface area contributed by atoms with E-state index in [4.69, 9.17) is 5.73 Å². The minimum Gasteiger partial charge on any atom is -0.341 e. The fourth-order valence-electron chi connectivity index (χ4n) is 2.80. The van der Waals surface area contributed by atoms with Gasteiger partial charge in [0, 0.05) is 25.7 Å². The van der Waals surface area contributed by atoms with Gasteiger partial charge < -0.3 is 15.5 Å². The van der Waals surface area contributed by atoms with E-state index >= 15 is 0 Å². The Morgan fingerprint density at radius 2 is 1.88 bits per heavy atom. The van der Waals surface area contributed by atoms with E-state index in [0.29, 0.717) is 5.91 Å². The van der Waals surface area contributed by atoms with Crippen LogP contribution < -0.4 is 5.73 Å². The summed E-state index contributed by atoms with van der Waals surface area (Å²) in [7, 11) is 2.12. The molecule has 4 nitrogen and oxygen atoms in total. The van der Waals surface area contributed by atoms with Crippen LogP contribution in [0.3, 0.4) is 0 Å². The van der Waals surface area contributed by atoms with Crippen LogP contribution in [-0.2, 0) is 4.79 Å². The molecule has 2 fully saturated rings. The molecule has 17 heavy (non-hydrogen) atoms. The van der Waals surface area contributed by atoms with E-state index in [2.05, 4.69) is 11.9 Å². The molecule has 1 aliphatic carbocycles. The molecule has 0 bridgehead atoms. The summed E-state index contributed by atoms with van der Waals surface area (Å²) in [6.07, 6.45) is 4.21. The summed E-state index contributed by atoms with van der Waals surface area (Å²) in [5.41, 5.74) is 6.00. The van der Waals surface area contributed by atoms with Crippen molar-refractivity contribution in [3.05, 3.63) is 0 Å². The molecule has 0 aromatic rings. The summed E-state index contributed by atoms with van der Waals surface area (Å²) in [6, 6.07) is 0.105. The van der Waals surface area contributed by atoms with Gasteiger partial charge in [-0.3, -0.25) is 4.79 Å². The predicted octanol–water partition coefficient (Wildman–Crippen LogP) is 0.700. The quantitative estimate of drug-likeness (QED) is 0.756. The van der Waals surface area contributed by atoms with Crippen LogP contribution in [-0.4, -0.2) is 55.0 Å². The Bertz CT molecular complexity index is 262. The lowest BCUT2D eigenvalue weighted by Crippen LogP contribution is -2.43. The lowest BCUT2D eigenvalue weighted by molar-refractivity contribution is -0.135. The van der Waals surface area contributed by atoms with Crippen LogP contribution in [0.2, 0.25) is 0 Å². The zero-order valence-electron chi connectivity index (χ0n) is 10.6. The van der Waals surface area contributed by atoms with Crippen molar-refractivity contribution in [2.24, 2.45) is 11.7 Å². The summed E-state index contributed by atoms with van der Waals surface area (Å²) < 4.78 is 0. The van der Waals surface area contributed by atoms with Gasteiger partial charge in [-0.1, -0.05) is 6.42 Å². The average molecular weight is 262 g/mol. The highest BCUT2D eigenvalue weighted by Crippen LogP contribution is 2.26. The van der Waals surface area contributed by atoms with Crippen molar-refractivity contribution in [2.75, 3.05) is 33.2 Å². The predicted molar refractivity (Wildman–Crippen MR) is 71.3 cm³/mol. The molecular formula is C12H24ClN3O. The monoisotopic (exact) mass is 261 g/mol. The number of rotatable bonds is 1. The molecular weight excluding hydrogens is 238 g/mol. The van der Waals surface area contributed by atoms with Crippen molar-refractivity contribution in [1.82, 2.24) is 9.80 Å². The maximum Gasteiger partial charge on any atom is 0.227 e. The first-order valence-electron chi connectivity index (χ1n) is 6.41. The third-order valence-electron chi connectivity index (χ3n) is 3.92. The number of carbonyl (C=O) groups is 1. The van der Waals surface area contributed by atoms with Crippen molar-refractivity contribution in [1.29, 1.82) is 0 Å². The summed E-state index contributed by atoms with van der Waals surface area (Å²) >= 11 is 0. The molecule has 0 aromatic heterocycles. The standard InChI is InChI=1S/C12H23N3O.ClH/c1-14-6-3-7-15(9-8-14)12(16)10-4-2-5-11(10)13;/h10-11H,2-9,13H2,1H3;1H. The van der Waals surface area contributed by atoms with E-state index in [-0.39, 0.29) is 24.4 Å². The molecule has 2 unspecified atom stereocenters. The van der Waals surface area contributed by atoms with E-state index < -0.39 is 0 Å². The summed E-state index contributed by atoms with van der Waals surface area (Å²) in [5.74, 6) is 0.406. The summed E-state index contributed by atoms with van der Waals surface area (Å²) in [5, 5.41) is 0. The Morgan fingerprint density at radius 1 is 1.12 bits per heavy atom. The molecule has 2 N–H and O–H groups in total. The zero-order chi connectivity index (χ0) is 11.5. The molecule has 2 aliphatic rings. The van der Waals surface area contributed by atoms with Gasteiger partial charge in [0.25, 0.3) is 0 Å². The number of nitrogens with two attached hydrogens (primary N) is 1. The molecule has 0 radical (unpaired) electrons. The average Bonchev–Trinajstić information content (AvgIpc) is 2.56. The van der Waals surface area contributed by atoms with Crippen LogP contribution in [0.4, 0.5) is 0 Å². The number of likely N-dealkylation sites (N-methyl/N-ethyl adjacent to an activating group) is 1. The first-order valence-corrected chi connectivity index (χ1v) is 6.41.